The lowest BCUT2D eigenvalue weighted by atomic mass is 9.99. The molecule has 0 saturated carbocycles. The van der Waals surface area contributed by atoms with Crippen LogP contribution in [0.1, 0.15) is 55.7 Å². The molecule has 0 amide bonds. The number of aromatic nitrogens is 1. The summed E-state index contributed by atoms with van der Waals surface area (Å²) in [6.07, 6.45) is -1.14. The molecular weight excluding hydrogens is 446 g/mol. The molecule has 1 unspecified atom stereocenters. The van der Waals surface area contributed by atoms with Gasteiger partial charge in [-0.15, -0.1) is 0 Å². The van der Waals surface area contributed by atoms with Gasteiger partial charge in [0.15, 0.2) is 0 Å². The topological polar surface area (TPSA) is 25.4 Å². The average Bonchev–Trinajstić information content (AvgIpc) is 3.02. The van der Waals surface area contributed by atoms with E-state index >= 15 is 0 Å². The van der Waals surface area contributed by atoms with E-state index in [0.29, 0.717) is 36.4 Å². The van der Waals surface area contributed by atoms with Gasteiger partial charge in [0.25, 0.3) is 0 Å². The van der Waals surface area contributed by atoms with Gasteiger partial charge >= 0.3 is 12.4 Å². The molecular formula is C24H24F6N2O. The van der Waals surface area contributed by atoms with E-state index in [4.69, 9.17) is 4.74 Å². The molecule has 2 bridgehead atoms. The van der Waals surface area contributed by atoms with Crippen molar-refractivity contribution < 1.29 is 31.1 Å². The Balaban J connectivity index is 1.50. The fourth-order valence-corrected chi connectivity index (χ4v) is 4.69. The number of benzene rings is 1. The maximum atomic E-state index is 13.1. The van der Waals surface area contributed by atoms with Gasteiger partial charge in [-0.05, 0) is 49.6 Å². The third-order valence-electron chi connectivity index (χ3n) is 6.19. The molecule has 0 aliphatic carbocycles. The summed E-state index contributed by atoms with van der Waals surface area (Å²) in [7, 11) is 0. The Morgan fingerprint density at radius 3 is 2.15 bits per heavy atom. The number of hydrogen-bond acceptors (Lipinski definition) is 3. The van der Waals surface area contributed by atoms with Crippen molar-refractivity contribution in [2.45, 2.75) is 69.6 Å². The predicted octanol–water partition coefficient (Wildman–Crippen LogP) is 7.12. The van der Waals surface area contributed by atoms with Crippen LogP contribution < -0.4 is 9.64 Å². The highest BCUT2D eigenvalue weighted by molar-refractivity contribution is 5.59. The highest BCUT2D eigenvalue weighted by atomic mass is 19.4. The molecule has 0 radical (unpaired) electrons. The summed E-state index contributed by atoms with van der Waals surface area (Å²) < 4.78 is 84.2. The molecule has 9 heteroatoms. The number of pyridine rings is 1. The number of alkyl halides is 6. The summed E-state index contributed by atoms with van der Waals surface area (Å²) in [4.78, 5) is 6.11. The van der Waals surface area contributed by atoms with Crippen LogP contribution in [0.15, 0.2) is 42.6 Å². The molecule has 33 heavy (non-hydrogen) atoms. The third kappa shape index (κ3) is 5.12. The van der Waals surface area contributed by atoms with Gasteiger partial charge in [0.2, 0.25) is 0 Å². The number of hydrogen-bond donors (Lipinski definition) is 0. The van der Waals surface area contributed by atoms with Crippen LogP contribution in [0.2, 0.25) is 0 Å². The van der Waals surface area contributed by atoms with Crippen molar-refractivity contribution >= 4 is 11.9 Å². The Morgan fingerprint density at radius 1 is 0.970 bits per heavy atom. The highest BCUT2D eigenvalue weighted by Gasteiger charge is 2.43. The summed E-state index contributed by atoms with van der Waals surface area (Å²) in [5.41, 5.74) is -1.13. The lowest BCUT2D eigenvalue weighted by Gasteiger charge is -2.40. The fourth-order valence-electron chi connectivity index (χ4n) is 4.69. The zero-order valence-electron chi connectivity index (χ0n) is 18.0. The van der Waals surface area contributed by atoms with Crippen molar-refractivity contribution in [3.8, 4) is 5.75 Å². The van der Waals surface area contributed by atoms with Gasteiger partial charge in [0.1, 0.15) is 17.7 Å². The largest absolute Gasteiger partial charge is 0.490 e. The molecule has 3 atom stereocenters. The highest BCUT2D eigenvalue weighted by Crippen LogP contribution is 2.41. The number of nitrogens with zero attached hydrogens (tertiary/aromatic N) is 2. The van der Waals surface area contributed by atoms with E-state index in [1.165, 1.54) is 12.1 Å². The van der Waals surface area contributed by atoms with Crippen molar-refractivity contribution in [3.63, 3.8) is 0 Å². The number of allylic oxidation sites excluding steroid dienone is 1. The maximum Gasteiger partial charge on any atom is 0.417 e. The average molecular weight is 470 g/mol. The summed E-state index contributed by atoms with van der Waals surface area (Å²) >= 11 is 0. The normalized spacial score (nSPS) is 23.4. The Labute approximate surface area is 188 Å². The first-order valence-electron chi connectivity index (χ1n) is 10.9. The zero-order valence-corrected chi connectivity index (χ0v) is 18.0. The summed E-state index contributed by atoms with van der Waals surface area (Å²) in [5, 5.41) is 0. The molecule has 1 aromatic heterocycles. The third-order valence-corrected chi connectivity index (χ3v) is 6.19. The summed E-state index contributed by atoms with van der Waals surface area (Å²) in [5.74, 6) is 0.910. The molecule has 2 aliphatic rings. The number of piperidine rings is 1. The van der Waals surface area contributed by atoms with Gasteiger partial charge in [0, 0.05) is 36.7 Å². The van der Waals surface area contributed by atoms with Crippen LogP contribution in [-0.4, -0.2) is 23.2 Å². The molecule has 2 fully saturated rings. The minimum Gasteiger partial charge on any atom is -0.490 e. The summed E-state index contributed by atoms with van der Waals surface area (Å²) in [6.45, 7) is 1.90. The van der Waals surface area contributed by atoms with Crippen LogP contribution >= 0.6 is 0 Å². The molecule has 3 heterocycles. The lowest BCUT2D eigenvalue weighted by molar-refractivity contribution is -0.138. The van der Waals surface area contributed by atoms with Crippen molar-refractivity contribution in [3.05, 3.63) is 59.3 Å². The number of anilines is 1. The standard InChI is InChI=1S/C24H24F6N2O/c1-2-3-4-15-11-16(23(25,26)27)5-9-21(15)33-20-12-18-7-8-19(13-20)32(18)22-10-6-17(14-31-22)24(28,29)30/h3-6,9-11,14,18-20H,2,7-8,12-13H2,1H3/t18-,19+,20?. The Kier molecular flexibility index (Phi) is 6.33. The fraction of sp³-hybridized carbons (Fsp3) is 0.458. The van der Waals surface area contributed by atoms with Crippen molar-refractivity contribution in [1.82, 2.24) is 4.98 Å². The van der Waals surface area contributed by atoms with E-state index in [0.717, 1.165) is 37.2 Å². The van der Waals surface area contributed by atoms with E-state index in [-0.39, 0.29) is 18.2 Å². The van der Waals surface area contributed by atoms with Gasteiger partial charge in [-0.2, -0.15) is 26.3 Å². The van der Waals surface area contributed by atoms with Gasteiger partial charge in [-0.3, -0.25) is 0 Å². The number of fused-ring (bicyclic) bond motifs is 2. The molecule has 178 valence electrons. The molecule has 1 aromatic carbocycles. The van der Waals surface area contributed by atoms with Crippen LogP contribution in [0, 0.1) is 0 Å². The van der Waals surface area contributed by atoms with Crippen LogP contribution in [-0.2, 0) is 12.4 Å². The number of ether oxygens (including phenoxy) is 1. The van der Waals surface area contributed by atoms with Crippen LogP contribution in [0.3, 0.4) is 0 Å². The van der Waals surface area contributed by atoms with Gasteiger partial charge in [0.05, 0.1) is 11.1 Å². The van der Waals surface area contributed by atoms with Crippen molar-refractivity contribution in [2.75, 3.05) is 4.90 Å². The first kappa shape index (κ1) is 23.4. The molecule has 0 N–H and O–H groups in total. The summed E-state index contributed by atoms with van der Waals surface area (Å²) in [6, 6.07) is 6.04. The predicted molar refractivity (Wildman–Crippen MR) is 113 cm³/mol. The van der Waals surface area contributed by atoms with Crippen LogP contribution in [0.25, 0.3) is 6.08 Å². The first-order chi connectivity index (χ1) is 15.6. The second kappa shape index (κ2) is 8.91. The smallest absolute Gasteiger partial charge is 0.417 e. The number of halogens is 6. The van der Waals surface area contributed by atoms with E-state index in [9.17, 15) is 26.3 Å². The van der Waals surface area contributed by atoms with Crippen LogP contribution in [0.4, 0.5) is 32.2 Å². The minimum atomic E-state index is -4.44. The van der Waals surface area contributed by atoms with Gasteiger partial charge < -0.3 is 9.64 Å². The Hall–Kier alpha value is -2.71. The monoisotopic (exact) mass is 470 g/mol. The van der Waals surface area contributed by atoms with E-state index in [1.54, 1.807) is 12.2 Å². The first-order valence-corrected chi connectivity index (χ1v) is 10.9. The quantitative estimate of drug-likeness (QED) is 0.435. The van der Waals surface area contributed by atoms with Crippen LogP contribution in [0.5, 0.6) is 5.75 Å². The van der Waals surface area contributed by atoms with Gasteiger partial charge in [-0.25, -0.2) is 4.98 Å². The van der Waals surface area contributed by atoms with Crippen molar-refractivity contribution in [1.29, 1.82) is 0 Å². The second-order valence-corrected chi connectivity index (χ2v) is 8.47. The SMILES string of the molecule is CCC=Cc1cc(C(F)(F)F)ccc1OC1C[C@H]2CC[C@@H](C1)N2c1ccc(C(F)(F)F)cn1. The van der Waals surface area contributed by atoms with E-state index in [2.05, 4.69) is 9.88 Å². The molecule has 4 rings (SSSR count). The number of rotatable bonds is 5. The Bertz CT molecular complexity index is 985. The molecule has 3 nitrogen and oxygen atoms in total. The molecule has 2 aliphatic heterocycles. The lowest BCUT2D eigenvalue weighted by Crippen LogP contribution is -2.46. The van der Waals surface area contributed by atoms with Crippen molar-refractivity contribution in [2.24, 2.45) is 0 Å². The van der Waals surface area contributed by atoms with E-state index < -0.39 is 23.5 Å². The van der Waals surface area contributed by atoms with Gasteiger partial charge in [-0.1, -0.05) is 19.1 Å². The zero-order chi connectivity index (χ0) is 23.8. The maximum absolute atomic E-state index is 13.1. The second-order valence-electron chi connectivity index (χ2n) is 8.47. The Morgan fingerprint density at radius 2 is 1.61 bits per heavy atom. The minimum absolute atomic E-state index is 0.0575. The molecule has 0 spiro atoms. The van der Waals surface area contributed by atoms with E-state index in [1.807, 2.05) is 6.92 Å². The molecule has 2 aromatic rings. The molecule has 2 saturated heterocycles.